The molecule has 0 bridgehead atoms. The lowest BCUT2D eigenvalue weighted by Crippen LogP contribution is -2.57. The molecule has 0 spiro atoms. The van der Waals surface area contributed by atoms with Crippen molar-refractivity contribution in [3.05, 3.63) is 46.7 Å². The number of benzene rings is 1. The van der Waals surface area contributed by atoms with Gasteiger partial charge in [0.05, 0.1) is 30.0 Å². The van der Waals surface area contributed by atoms with Gasteiger partial charge in [-0.15, -0.1) is 0 Å². The van der Waals surface area contributed by atoms with Gasteiger partial charge in [-0.25, -0.2) is 4.79 Å². The van der Waals surface area contributed by atoms with Crippen LogP contribution in [0.15, 0.2) is 35.5 Å². The van der Waals surface area contributed by atoms with E-state index in [0.717, 1.165) is 30.6 Å². The fourth-order valence-electron chi connectivity index (χ4n) is 4.47. The second-order valence-electron chi connectivity index (χ2n) is 9.01. The average Bonchev–Trinajstić information content (AvgIpc) is 3.37. The number of rotatable bonds is 5. The summed E-state index contributed by atoms with van der Waals surface area (Å²) in [5.74, 6) is -0.462. The van der Waals surface area contributed by atoms with E-state index in [0.29, 0.717) is 17.8 Å². The zero-order valence-electron chi connectivity index (χ0n) is 18.5. The third kappa shape index (κ3) is 3.80. The molecule has 8 nitrogen and oxygen atoms in total. The number of likely N-dealkylation sites (N-methyl/N-ethyl adjacent to an activating group) is 1. The van der Waals surface area contributed by atoms with Crippen molar-refractivity contribution in [2.45, 2.75) is 51.3 Å². The standard InChI is InChI=1S/C23H30N4O4/c1-14-7-5-8-15(11-14)19-18-17(26(4)22(30)25-19)13-27(20(18)28)23(2,3)21(29)24-12-16-9-6-10-31-16/h5,7-8,11,16,19H,6,9-10,12-13H2,1-4H3,(H,24,29)(H,25,30)/t16-,19+/m0/s1. The quantitative estimate of drug-likeness (QED) is 0.752. The van der Waals surface area contributed by atoms with Crippen LogP contribution in [0.25, 0.3) is 0 Å². The second kappa shape index (κ2) is 8.00. The van der Waals surface area contributed by atoms with Crippen LogP contribution in [-0.2, 0) is 14.3 Å². The lowest BCUT2D eigenvalue weighted by molar-refractivity contribution is -0.142. The Morgan fingerprint density at radius 1 is 1.32 bits per heavy atom. The van der Waals surface area contributed by atoms with Crippen molar-refractivity contribution in [2.75, 3.05) is 26.7 Å². The van der Waals surface area contributed by atoms with Crippen molar-refractivity contribution < 1.29 is 19.1 Å². The van der Waals surface area contributed by atoms with Gasteiger partial charge in [0.15, 0.2) is 0 Å². The first-order chi connectivity index (χ1) is 14.7. The summed E-state index contributed by atoms with van der Waals surface area (Å²) in [7, 11) is 1.65. The monoisotopic (exact) mass is 426 g/mol. The van der Waals surface area contributed by atoms with E-state index in [4.69, 9.17) is 4.74 Å². The zero-order valence-corrected chi connectivity index (χ0v) is 18.5. The summed E-state index contributed by atoms with van der Waals surface area (Å²) in [6.07, 6.45) is 1.95. The number of nitrogens with one attached hydrogen (secondary N) is 2. The maximum atomic E-state index is 13.6. The lowest BCUT2D eigenvalue weighted by Gasteiger charge is -2.35. The molecule has 1 saturated heterocycles. The Morgan fingerprint density at radius 2 is 2.10 bits per heavy atom. The molecule has 3 aliphatic rings. The average molecular weight is 427 g/mol. The molecule has 8 heteroatoms. The van der Waals surface area contributed by atoms with E-state index in [1.807, 2.05) is 31.2 Å². The van der Waals surface area contributed by atoms with Crippen LogP contribution in [0.1, 0.15) is 43.9 Å². The molecule has 2 N–H and O–H groups in total. The number of amides is 4. The van der Waals surface area contributed by atoms with Crippen LogP contribution in [0, 0.1) is 6.92 Å². The molecule has 2 atom stereocenters. The summed E-state index contributed by atoms with van der Waals surface area (Å²) in [4.78, 5) is 42.2. The predicted molar refractivity (Wildman–Crippen MR) is 115 cm³/mol. The number of carbonyl (C=O) groups excluding carboxylic acids is 3. The normalized spacial score (nSPS) is 23.9. The number of carbonyl (C=O) groups is 3. The fourth-order valence-corrected chi connectivity index (χ4v) is 4.47. The van der Waals surface area contributed by atoms with Crippen LogP contribution >= 0.6 is 0 Å². The second-order valence-corrected chi connectivity index (χ2v) is 9.01. The zero-order chi connectivity index (χ0) is 22.3. The number of nitrogens with zero attached hydrogens (tertiary/aromatic N) is 2. The van der Waals surface area contributed by atoms with E-state index < -0.39 is 11.6 Å². The smallest absolute Gasteiger partial charge is 0.322 e. The molecule has 166 valence electrons. The van der Waals surface area contributed by atoms with Gasteiger partial charge in [-0.2, -0.15) is 0 Å². The third-order valence-electron chi connectivity index (χ3n) is 6.48. The van der Waals surface area contributed by atoms with Gasteiger partial charge >= 0.3 is 6.03 Å². The summed E-state index contributed by atoms with van der Waals surface area (Å²) >= 11 is 0. The molecule has 1 aromatic carbocycles. The summed E-state index contributed by atoms with van der Waals surface area (Å²) in [5, 5.41) is 5.88. The van der Waals surface area contributed by atoms with E-state index in [1.165, 1.54) is 4.90 Å². The Bertz CT molecular complexity index is 949. The van der Waals surface area contributed by atoms with Crippen molar-refractivity contribution in [1.29, 1.82) is 0 Å². The van der Waals surface area contributed by atoms with Gasteiger partial charge in [0.2, 0.25) is 5.91 Å². The molecule has 0 aliphatic carbocycles. The number of hydrogen-bond acceptors (Lipinski definition) is 4. The van der Waals surface area contributed by atoms with Crippen LogP contribution in [0.2, 0.25) is 0 Å². The minimum absolute atomic E-state index is 0.0269. The van der Waals surface area contributed by atoms with Gasteiger partial charge in [-0.05, 0) is 39.2 Å². The summed E-state index contributed by atoms with van der Waals surface area (Å²) in [6, 6.07) is 6.96. The van der Waals surface area contributed by atoms with Crippen molar-refractivity contribution in [2.24, 2.45) is 0 Å². The highest BCUT2D eigenvalue weighted by Gasteiger charge is 2.49. The molecule has 1 aromatic rings. The summed E-state index contributed by atoms with van der Waals surface area (Å²) < 4.78 is 5.58. The number of ether oxygens (including phenoxy) is 1. The van der Waals surface area contributed by atoms with Crippen LogP contribution in [0.4, 0.5) is 4.79 Å². The third-order valence-corrected chi connectivity index (χ3v) is 6.48. The fraction of sp³-hybridized carbons (Fsp3) is 0.522. The number of aryl methyl sites for hydroxylation is 1. The molecule has 3 heterocycles. The predicted octanol–water partition coefficient (Wildman–Crippen LogP) is 1.86. The lowest BCUT2D eigenvalue weighted by atomic mass is 9.94. The Labute approximate surface area is 182 Å². The molecule has 3 aliphatic heterocycles. The van der Waals surface area contributed by atoms with Gasteiger partial charge in [0.25, 0.3) is 5.91 Å². The van der Waals surface area contributed by atoms with Crippen LogP contribution in [0.3, 0.4) is 0 Å². The highest BCUT2D eigenvalue weighted by atomic mass is 16.5. The van der Waals surface area contributed by atoms with Gasteiger partial charge in [-0.3, -0.25) is 14.5 Å². The van der Waals surface area contributed by atoms with Gasteiger partial charge in [0, 0.05) is 20.2 Å². The highest BCUT2D eigenvalue weighted by Crippen LogP contribution is 2.38. The largest absolute Gasteiger partial charge is 0.376 e. The molecular weight excluding hydrogens is 396 g/mol. The highest BCUT2D eigenvalue weighted by molar-refractivity contribution is 6.04. The first kappa shape index (κ1) is 21.4. The van der Waals surface area contributed by atoms with Crippen molar-refractivity contribution >= 4 is 17.8 Å². The van der Waals surface area contributed by atoms with Crippen LogP contribution in [-0.4, -0.2) is 66.0 Å². The molecule has 0 radical (unpaired) electrons. The van der Waals surface area contributed by atoms with Gasteiger partial charge in [-0.1, -0.05) is 29.8 Å². The summed E-state index contributed by atoms with van der Waals surface area (Å²) in [5.41, 5.74) is 1.98. The van der Waals surface area contributed by atoms with Crippen molar-refractivity contribution in [3.8, 4) is 0 Å². The molecule has 0 unspecified atom stereocenters. The minimum Gasteiger partial charge on any atom is -0.376 e. The molecule has 4 amide bonds. The SMILES string of the molecule is Cc1cccc([C@H]2NC(=O)N(C)C3=C2C(=O)N(C(C)(C)C(=O)NC[C@@H]2CCCO2)C3)c1. The Balaban J connectivity index is 1.58. The Hall–Kier alpha value is -2.87. The first-order valence-corrected chi connectivity index (χ1v) is 10.8. The summed E-state index contributed by atoms with van der Waals surface area (Å²) in [6.45, 7) is 6.82. The van der Waals surface area contributed by atoms with Crippen LogP contribution in [0.5, 0.6) is 0 Å². The van der Waals surface area contributed by atoms with E-state index in [9.17, 15) is 14.4 Å². The first-order valence-electron chi connectivity index (χ1n) is 10.8. The van der Waals surface area contributed by atoms with Gasteiger partial charge < -0.3 is 20.3 Å². The van der Waals surface area contributed by atoms with E-state index >= 15 is 0 Å². The van der Waals surface area contributed by atoms with E-state index in [-0.39, 0.29) is 30.5 Å². The minimum atomic E-state index is -1.08. The molecule has 0 aromatic heterocycles. The maximum absolute atomic E-state index is 13.6. The van der Waals surface area contributed by atoms with Crippen molar-refractivity contribution in [1.82, 2.24) is 20.4 Å². The van der Waals surface area contributed by atoms with Gasteiger partial charge in [0.1, 0.15) is 5.54 Å². The number of urea groups is 1. The Kier molecular flexibility index (Phi) is 5.51. The molecule has 0 saturated carbocycles. The molecule has 4 rings (SSSR count). The van der Waals surface area contributed by atoms with E-state index in [2.05, 4.69) is 10.6 Å². The molecule has 31 heavy (non-hydrogen) atoms. The number of hydrogen-bond donors (Lipinski definition) is 2. The molecular formula is C23H30N4O4. The van der Waals surface area contributed by atoms with Crippen molar-refractivity contribution in [3.63, 3.8) is 0 Å². The van der Waals surface area contributed by atoms with E-state index in [1.54, 1.807) is 25.8 Å². The Morgan fingerprint density at radius 3 is 2.77 bits per heavy atom. The van der Waals surface area contributed by atoms with Crippen LogP contribution < -0.4 is 10.6 Å². The molecule has 1 fully saturated rings. The maximum Gasteiger partial charge on any atom is 0.322 e. The topological polar surface area (TPSA) is 91.0 Å².